The third-order valence-corrected chi connectivity index (χ3v) is 4.56. The first-order valence-electron chi connectivity index (χ1n) is 7.86. The largest absolute Gasteiger partial charge is 0.508 e. The van der Waals surface area contributed by atoms with E-state index in [4.69, 9.17) is 0 Å². The monoisotopic (exact) mass is 386 g/mol. The Bertz CT molecular complexity index is 739. The Morgan fingerprint density at radius 1 is 1.12 bits per heavy atom. The van der Waals surface area contributed by atoms with Crippen LogP contribution >= 0.6 is 15.9 Å². The number of phenols is 1. The van der Waals surface area contributed by atoms with Gasteiger partial charge in [0.25, 0.3) is 0 Å². The van der Waals surface area contributed by atoms with Crippen molar-refractivity contribution < 1.29 is 9.90 Å². The van der Waals surface area contributed by atoms with Gasteiger partial charge in [-0.25, -0.2) is 0 Å². The second-order valence-electron chi connectivity index (χ2n) is 5.82. The van der Waals surface area contributed by atoms with Crippen LogP contribution in [0.3, 0.4) is 0 Å². The van der Waals surface area contributed by atoms with Gasteiger partial charge in [-0.1, -0.05) is 34.1 Å². The SMILES string of the molecule is O=C(CN1CC=C(c2ccc(O)cc2)CC1)Nc1ccc(Br)cc1. The normalized spacial score (nSPS) is 15.0. The fourth-order valence-electron chi connectivity index (χ4n) is 2.73. The predicted octanol–water partition coefficient (Wildman–Crippen LogP) is 3.88. The molecule has 0 fully saturated rings. The number of anilines is 1. The zero-order valence-corrected chi connectivity index (χ0v) is 14.8. The van der Waals surface area contributed by atoms with Crippen molar-refractivity contribution in [1.29, 1.82) is 0 Å². The van der Waals surface area contributed by atoms with E-state index in [0.29, 0.717) is 6.54 Å². The van der Waals surface area contributed by atoms with Crippen LogP contribution in [0, 0.1) is 0 Å². The lowest BCUT2D eigenvalue weighted by Crippen LogP contribution is -2.36. The van der Waals surface area contributed by atoms with Crippen LogP contribution in [0.5, 0.6) is 5.75 Å². The molecular weight excluding hydrogens is 368 g/mol. The number of nitrogens with zero attached hydrogens (tertiary/aromatic N) is 1. The molecule has 3 rings (SSSR count). The van der Waals surface area contributed by atoms with E-state index in [9.17, 15) is 9.90 Å². The number of benzene rings is 2. The molecular formula is C19H19BrN2O2. The highest BCUT2D eigenvalue weighted by Gasteiger charge is 2.15. The maximum atomic E-state index is 12.1. The fraction of sp³-hybridized carbons (Fsp3) is 0.211. The minimum absolute atomic E-state index is 0.00111. The average molecular weight is 387 g/mol. The van der Waals surface area contributed by atoms with E-state index in [1.807, 2.05) is 36.4 Å². The summed E-state index contributed by atoms with van der Waals surface area (Å²) in [6.45, 7) is 1.99. The van der Waals surface area contributed by atoms with Crippen molar-refractivity contribution in [1.82, 2.24) is 4.90 Å². The van der Waals surface area contributed by atoms with Gasteiger partial charge in [0.2, 0.25) is 5.91 Å². The minimum Gasteiger partial charge on any atom is -0.508 e. The van der Waals surface area contributed by atoms with Crippen LogP contribution in [-0.2, 0) is 4.79 Å². The highest BCUT2D eigenvalue weighted by Crippen LogP contribution is 2.24. The van der Waals surface area contributed by atoms with Gasteiger partial charge in [0, 0.05) is 23.2 Å². The van der Waals surface area contributed by atoms with E-state index in [1.165, 1.54) is 5.57 Å². The van der Waals surface area contributed by atoms with Crippen LogP contribution in [-0.4, -0.2) is 35.5 Å². The Labute approximate surface area is 149 Å². The average Bonchev–Trinajstić information content (AvgIpc) is 2.58. The van der Waals surface area contributed by atoms with Gasteiger partial charge in [-0.3, -0.25) is 9.69 Å². The maximum absolute atomic E-state index is 12.1. The zero-order valence-electron chi connectivity index (χ0n) is 13.2. The molecule has 2 aromatic carbocycles. The standard InChI is InChI=1S/C19H19BrN2O2/c20-16-3-5-17(6-4-16)21-19(24)13-22-11-9-15(10-12-22)14-1-7-18(23)8-2-14/h1-9,23H,10-13H2,(H,21,24). The molecule has 0 atom stereocenters. The topological polar surface area (TPSA) is 52.6 Å². The second kappa shape index (κ2) is 7.64. The van der Waals surface area contributed by atoms with E-state index >= 15 is 0 Å². The van der Waals surface area contributed by atoms with E-state index in [0.717, 1.165) is 35.2 Å². The summed E-state index contributed by atoms with van der Waals surface area (Å²) in [7, 11) is 0. The summed E-state index contributed by atoms with van der Waals surface area (Å²) < 4.78 is 0.989. The van der Waals surface area contributed by atoms with Crippen molar-refractivity contribution in [2.45, 2.75) is 6.42 Å². The van der Waals surface area contributed by atoms with Crippen molar-refractivity contribution >= 4 is 33.1 Å². The number of aromatic hydroxyl groups is 1. The van der Waals surface area contributed by atoms with E-state index in [-0.39, 0.29) is 11.7 Å². The van der Waals surface area contributed by atoms with Crippen LogP contribution in [0.25, 0.3) is 5.57 Å². The first kappa shape index (κ1) is 16.7. The summed E-state index contributed by atoms with van der Waals surface area (Å²) in [5.41, 5.74) is 3.20. The van der Waals surface area contributed by atoms with Crippen molar-refractivity contribution in [3.05, 3.63) is 64.6 Å². The molecule has 2 aromatic rings. The van der Waals surface area contributed by atoms with Crippen LogP contribution in [0.2, 0.25) is 0 Å². The number of nitrogens with one attached hydrogen (secondary N) is 1. The quantitative estimate of drug-likeness (QED) is 0.837. The predicted molar refractivity (Wildman–Crippen MR) is 99.9 cm³/mol. The molecule has 0 aliphatic carbocycles. The molecule has 5 heteroatoms. The Balaban J connectivity index is 1.53. The number of carbonyl (C=O) groups excluding carboxylic acids is 1. The highest BCUT2D eigenvalue weighted by molar-refractivity contribution is 9.10. The smallest absolute Gasteiger partial charge is 0.238 e. The van der Waals surface area contributed by atoms with Crippen molar-refractivity contribution in [2.24, 2.45) is 0 Å². The number of hydrogen-bond donors (Lipinski definition) is 2. The van der Waals surface area contributed by atoms with E-state index < -0.39 is 0 Å². The zero-order chi connectivity index (χ0) is 16.9. The third-order valence-electron chi connectivity index (χ3n) is 4.03. The molecule has 1 heterocycles. The van der Waals surface area contributed by atoms with Gasteiger partial charge in [-0.2, -0.15) is 0 Å². The molecule has 0 bridgehead atoms. The lowest BCUT2D eigenvalue weighted by Gasteiger charge is -2.26. The molecule has 0 saturated heterocycles. The Morgan fingerprint density at radius 2 is 1.83 bits per heavy atom. The second-order valence-corrected chi connectivity index (χ2v) is 6.73. The minimum atomic E-state index is -0.00111. The fourth-order valence-corrected chi connectivity index (χ4v) is 2.99. The van der Waals surface area contributed by atoms with Gasteiger partial charge in [-0.15, -0.1) is 0 Å². The Kier molecular flexibility index (Phi) is 5.33. The number of amides is 1. The van der Waals surface area contributed by atoms with Crippen molar-refractivity contribution in [2.75, 3.05) is 25.0 Å². The molecule has 0 radical (unpaired) electrons. The number of halogens is 1. The third kappa shape index (κ3) is 4.46. The molecule has 24 heavy (non-hydrogen) atoms. The van der Waals surface area contributed by atoms with Gasteiger partial charge in [-0.05, 0) is 54.0 Å². The number of rotatable bonds is 4. The maximum Gasteiger partial charge on any atom is 0.238 e. The van der Waals surface area contributed by atoms with Crippen LogP contribution in [0.15, 0.2) is 59.1 Å². The van der Waals surface area contributed by atoms with Gasteiger partial charge in [0.05, 0.1) is 6.54 Å². The van der Waals surface area contributed by atoms with E-state index in [2.05, 4.69) is 32.2 Å². The molecule has 1 amide bonds. The summed E-state index contributed by atoms with van der Waals surface area (Å²) in [6.07, 6.45) is 3.05. The summed E-state index contributed by atoms with van der Waals surface area (Å²) in [5.74, 6) is 0.278. The van der Waals surface area contributed by atoms with Gasteiger partial charge >= 0.3 is 0 Å². The Morgan fingerprint density at radius 3 is 2.46 bits per heavy atom. The number of hydrogen-bond acceptors (Lipinski definition) is 3. The molecule has 4 nitrogen and oxygen atoms in total. The first-order valence-corrected chi connectivity index (χ1v) is 8.66. The van der Waals surface area contributed by atoms with Gasteiger partial charge in [0.1, 0.15) is 5.75 Å². The summed E-state index contributed by atoms with van der Waals surface area (Å²) in [5, 5.41) is 12.3. The van der Waals surface area contributed by atoms with E-state index in [1.54, 1.807) is 12.1 Å². The Hall–Kier alpha value is -2.11. The van der Waals surface area contributed by atoms with Gasteiger partial charge < -0.3 is 10.4 Å². The molecule has 0 aromatic heterocycles. The first-order chi connectivity index (χ1) is 11.6. The molecule has 1 aliphatic rings. The van der Waals surface area contributed by atoms with Crippen LogP contribution in [0.4, 0.5) is 5.69 Å². The molecule has 0 saturated carbocycles. The molecule has 2 N–H and O–H groups in total. The van der Waals surface area contributed by atoms with Crippen LogP contribution in [0.1, 0.15) is 12.0 Å². The van der Waals surface area contributed by atoms with Crippen LogP contribution < -0.4 is 5.32 Å². The molecule has 1 aliphatic heterocycles. The van der Waals surface area contributed by atoms with Gasteiger partial charge in [0.15, 0.2) is 0 Å². The number of phenolic OH excluding ortho intramolecular Hbond substituents is 1. The number of carbonyl (C=O) groups is 1. The lowest BCUT2D eigenvalue weighted by atomic mass is 9.99. The molecule has 0 unspecified atom stereocenters. The summed E-state index contributed by atoms with van der Waals surface area (Å²) in [4.78, 5) is 14.3. The lowest BCUT2D eigenvalue weighted by molar-refractivity contribution is -0.117. The van der Waals surface area contributed by atoms with Crippen molar-refractivity contribution in [3.63, 3.8) is 0 Å². The molecule has 124 valence electrons. The van der Waals surface area contributed by atoms with Crippen molar-refractivity contribution in [3.8, 4) is 5.75 Å². The highest BCUT2D eigenvalue weighted by atomic mass is 79.9. The molecule has 0 spiro atoms. The summed E-state index contributed by atoms with van der Waals surface area (Å²) >= 11 is 3.38. The summed E-state index contributed by atoms with van der Waals surface area (Å²) in [6, 6.07) is 14.8.